The Labute approximate surface area is 145 Å². The van der Waals surface area contributed by atoms with Crippen LogP contribution in [0, 0.1) is 11.8 Å². The lowest BCUT2D eigenvalue weighted by molar-refractivity contribution is -0.137. The zero-order valence-corrected chi connectivity index (χ0v) is 14.8. The molecule has 0 aromatic carbocycles. The topological polar surface area (TPSA) is 74.6 Å². The van der Waals surface area contributed by atoms with Crippen molar-refractivity contribution >= 4 is 11.8 Å². The minimum Gasteiger partial charge on any atom is -0.481 e. The van der Waals surface area contributed by atoms with Crippen LogP contribution in [0.15, 0.2) is 24.3 Å². The molecule has 0 bridgehead atoms. The molecule has 2 N–H and O–H groups in total. The highest BCUT2D eigenvalue weighted by Crippen LogP contribution is 2.33. The molecule has 0 spiro atoms. The van der Waals surface area contributed by atoms with E-state index in [-0.39, 0.29) is 30.5 Å². The van der Waals surface area contributed by atoms with E-state index in [0.29, 0.717) is 19.3 Å². The van der Waals surface area contributed by atoms with Crippen molar-refractivity contribution in [3.63, 3.8) is 0 Å². The van der Waals surface area contributed by atoms with E-state index < -0.39 is 12.1 Å². The predicted octanol–water partition coefficient (Wildman–Crippen LogP) is 4.28. The number of hydrogen-bond acceptors (Lipinski definition) is 3. The van der Waals surface area contributed by atoms with Crippen molar-refractivity contribution in [1.82, 2.24) is 0 Å². The van der Waals surface area contributed by atoms with Gasteiger partial charge in [-0.15, -0.1) is 0 Å². The fourth-order valence-electron chi connectivity index (χ4n) is 3.20. The van der Waals surface area contributed by atoms with E-state index in [9.17, 15) is 14.7 Å². The van der Waals surface area contributed by atoms with Crippen LogP contribution in [0.5, 0.6) is 0 Å². The smallest absolute Gasteiger partial charge is 0.303 e. The number of aliphatic hydroxyl groups is 1. The van der Waals surface area contributed by atoms with Crippen LogP contribution in [0.4, 0.5) is 0 Å². The second-order valence-electron chi connectivity index (χ2n) is 6.69. The Balaban J connectivity index is 2.39. The van der Waals surface area contributed by atoms with E-state index in [2.05, 4.69) is 13.0 Å². The number of Topliss-reactive ketones (excluding diaryl/α,β-unsaturated/α-hetero) is 1. The van der Waals surface area contributed by atoms with Gasteiger partial charge in [0.1, 0.15) is 5.78 Å². The average molecular weight is 336 g/mol. The van der Waals surface area contributed by atoms with Gasteiger partial charge in [-0.2, -0.15) is 0 Å². The zero-order chi connectivity index (χ0) is 17.8. The van der Waals surface area contributed by atoms with Crippen LogP contribution >= 0.6 is 0 Å². The van der Waals surface area contributed by atoms with E-state index in [1.807, 2.05) is 18.2 Å². The highest BCUT2D eigenvalue weighted by Gasteiger charge is 2.38. The van der Waals surface area contributed by atoms with Crippen molar-refractivity contribution in [2.45, 2.75) is 77.2 Å². The molecule has 1 aliphatic carbocycles. The van der Waals surface area contributed by atoms with Crippen LogP contribution in [0.1, 0.15) is 71.1 Å². The lowest BCUT2D eigenvalue weighted by Gasteiger charge is -2.15. The molecule has 24 heavy (non-hydrogen) atoms. The summed E-state index contributed by atoms with van der Waals surface area (Å²) in [6, 6.07) is 0. The summed E-state index contributed by atoms with van der Waals surface area (Å²) in [6.07, 6.45) is 15.8. The molecule has 1 saturated carbocycles. The number of carboxylic acid groups (broad SMARTS) is 1. The summed E-state index contributed by atoms with van der Waals surface area (Å²) in [5.41, 5.74) is 0. The molecule has 0 heterocycles. The number of ketones is 1. The third-order valence-electron chi connectivity index (χ3n) is 4.63. The van der Waals surface area contributed by atoms with Crippen molar-refractivity contribution in [2.24, 2.45) is 11.8 Å². The molecule has 4 nitrogen and oxygen atoms in total. The first-order valence-electron chi connectivity index (χ1n) is 9.30. The van der Waals surface area contributed by atoms with E-state index in [1.165, 1.54) is 19.3 Å². The van der Waals surface area contributed by atoms with Crippen LogP contribution in [0.25, 0.3) is 0 Å². The largest absolute Gasteiger partial charge is 0.481 e. The summed E-state index contributed by atoms with van der Waals surface area (Å²) in [4.78, 5) is 22.5. The summed E-state index contributed by atoms with van der Waals surface area (Å²) in [5, 5.41) is 18.7. The maximum atomic E-state index is 12.1. The van der Waals surface area contributed by atoms with Crippen LogP contribution in [0.3, 0.4) is 0 Å². The molecular weight excluding hydrogens is 304 g/mol. The zero-order valence-electron chi connectivity index (χ0n) is 14.8. The fourth-order valence-corrected chi connectivity index (χ4v) is 3.20. The summed E-state index contributed by atoms with van der Waals surface area (Å²) < 4.78 is 0. The molecule has 3 atom stereocenters. The van der Waals surface area contributed by atoms with Crippen molar-refractivity contribution in [3.8, 4) is 0 Å². The first-order valence-corrected chi connectivity index (χ1v) is 9.30. The number of carboxylic acids is 1. The van der Waals surface area contributed by atoms with Crippen molar-refractivity contribution in [1.29, 1.82) is 0 Å². The molecule has 1 fully saturated rings. The minimum atomic E-state index is -0.776. The Morgan fingerprint density at radius 1 is 1.12 bits per heavy atom. The molecule has 0 aromatic rings. The van der Waals surface area contributed by atoms with E-state index in [0.717, 1.165) is 12.8 Å². The highest BCUT2D eigenvalue weighted by atomic mass is 16.4. The molecule has 0 aliphatic heterocycles. The van der Waals surface area contributed by atoms with Crippen LogP contribution < -0.4 is 0 Å². The van der Waals surface area contributed by atoms with Gasteiger partial charge in [-0.05, 0) is 32.1 Å². The Bertz CT molecular complexity index is 439. The number of allylic oxidation sites excluding steroid dienone is 3. The number of carbonyl (C=O) groups excluding carboxylic acids is 1. The molecule has 0 saturated heterocycles. The number of unbranched alkanes of at least 4 members (excludes halogenated alkanes) is 5. The highest BCUT2D eigenvalue weighted by molar-refractivity contribution is 5.84. The molecular formula is C20H32O4. The average Bonchev–Trinajstić information content (AvgIpc) is 2.80. The van der Waals surface area contributed by atoms with Gasteiger partial charge in [0.15, 0.2) is 0 Å². The number of carbonyl (C=O) groups is 2. The second-order valence-corrected chi connectivity index (χ2v) is 6.69. The van der Waals surface area contributed by atoms with E-state index in [1.54, 1.807) is 0 Å². The molecule has 4 heteroatoms. The van der Waals surface area contributed by atoms with Gasteiger partial charge in [0.25, 0.3) is 0 Å². The van der Waals surface area contributed by atoms with Gasteiger partial charge in [-0.3, -0.25) is 9.59 Å². The van der Waals surface area contributed by atoms with E-state index >= 15 is 0 Å². The van der Waals surface area contributed by atoms with Crippen LogP contribution in [0.2, 0.25) is 0 Å². The molecule has 0 radical (unpaired) electrons. The fraction of sp³-hybridized carbons (Fsp3) is 0.700. The third-order valence-corrected chi connectivity index (χ3v) is 4.63. The molecule has 1 unspecified atom stereocenters. The van der Waals surface area contributed by atoms with Gasteiger partial charge >= 0.3 is 5.97 Å². The quantitative estimate of drug-likeness (QED) is 0.412. The SMILES string of the molecule is CCCCCCC=C[C@@H]1C(CC=CCCCC(=O)O)C(=O)C[C@H]1O. The Hall–Kier alpha value is -1.42. The monoisotopic (exact) mass is 336 g/mol. The third kappa shape index (κ3) is 7.91. The maximum absolute atomic E-state index is 12.1. The van der Waals surface area contributed by atoms with Gasteiger partial charge < -0.3 is 10.2 Å². The number of rotatable bonds is 12. The van der Waals surface area contributed by atoms with Gasteiger partial charge in [-0.1, -0.05) is 50.5 Å². The van der Waals surface area contributed by atoms with E-state index in [4.69, 9.17) is 5.11 Å². The maximum Gasteiger partial charge on any atom is 0.303 e. The first kappa shape index (κ1) is 20.6. The Morgan fingerprint density at radius 2 is 1.88 bits per heavy atom. The first-order chi connectivity index (χ1) is 11.6. The van der Waals surface area contributed by atoms with Crippen molar-refractivity contribution < 1.29 is 19.8 Å². The predicted molar refractivity (Wildman–Crippen MR) is 95.8 cm³/mol. The number of aliphatic hydroxyl groups excluding tert-OH is 1. The molecule has 1 rings (SSSR count). The van der Waals surface area contributed by atoms with Crippen LogP contribution in [-0.4, -0.2) is 28.1 Å². The molecule has 0 aromatic heterocycles. The van der Waals surface area contributed by atoms with Gasteiger partial charge in [0.05, 0.1) is 6.10 Å². The van der Waals surface area contributed by atoms with Crippen molar-refractivity contribution in [3.05, 3.63) is 24.3 Å². The number of hydrogen-bond donors (Lipinski definition) is 2. The lowest BCUT2D eigenvalue weighted by Crippen LogP contribution is -2.17. The molecule has 136 valence electrons. The summed E-state index contributed by atoms with van der Waals surface area (Å²) in [7, 11) is 0. The minimum absolute atomic E-state index is 0.0765. The molecule has 1 aliphatic rings. The Morgan fingerprint density at radius 3 is 2.58 bits per heavy atom. The number of aliphatic carboxylic acids is 1. The summed E-state index contributed by atoms with van der Waals surface area (Å²) in [6.45, 7) is 2.19. The van der Waals surface area contributed by atoms with Crippen LogP contribution in [-0.2, 0) is 9.59 Å². The molecule has 0 amide bonds. The summed E-state index contributed by atoms with van der Waals surface area (Å²) >= 11 is 0. The van der Waals surface area contributed by atoms with Gasteiger partial charge in [-0.25, -0.2) is 0 Å². The standard InChI is InChI=1S/C20H32O4/c1-2-3-4-5-6-9-12-16-17(19(22)15-18(16)21)13-10-7-8-11-14-20(23)24/h7,9-10,12,16-18,21H,2-6,8,11,13-15H2,1H3,(H,23,24)/t16-,17?,18-/m1/s1. The lowest BCUT2D eigenvalue weighted by atomic mass is 9.90. The normalized spacial score (nSPS) is 24.4. The summed E-state index contributed by atoms with van der Waals surface area (Å²) in [5.74, 6) is -0.852. The van der Waals surface area contributed by atoms with Crippen molar-refractivity contribution in [2.75, 3.05) is 0 Å². The van der Waals surface area contributed by atoms with Gasteiger partial charge in [0, 0.05) is 24.7 Å². The van der Waals surface area contributed by atoms with Gasteiger partial charge in [0.2, 0.25) is 0 Å². The second kappa shape index (κ2) is 12.0. The Kier molecular flexibility index (Phi) is 10.3.